The van der Waals surface area contributed by atoms with Crippen LogP contribution in [0.5, 0.6) is 0 Å². The number of nitrogens with one attached hydrogen (secondary N) is 6. The van der Waals surface area contributed by atoms with Crippen molar-refractivity contribution in [2.24, 2.45) is 0 Å². The summed E-state index contributed by atoms with van der Waals surface area (Å²) in [7, 11) is 0. The Kier molecular flexibility index (Phi) is 14.2. The molecule has 6 amide bonds. The maximum atomic E-state index is 12.0. The lowest BCUT2D eigenvalue weighted by Crippen LogP contribution is -2.42. The van der Waals surface area contributed by atoms with Gasteiger partial charge in [-0.25, -0.2) is 0 Å². The average Bonchev–Trinajstić information content (AvgIpc) is 2.91. The molecule has 0 fully saturated rings. The lowest BCUT2D eigenvalue weighted by Gasteiger charge is -2.10. The quantitative estimate of drug-likeness (QED) is 0.191. The molecule has 0 aliphatic carbocycles. The van der Waals surface area contributed by atoms with Crippen LogP contribution in [0.3, 0.4) is 0 Å². The average molecular weight is 648 g/mol. The fourth-order valence-corrected chi connectivity index (χ4v) is 3.91. The van der Waals surface area contributed by atoms with Crippen LogP contribution < -0.4 is 32.3 Å². The molecule has 0 atom stereocenters. The molecule has 6 N–H and O–H groups in total. The van der Waals surface area contributed by atoms with Crippen molar-refractivity contribution in [3.63, 3.8) is 0 Å². The molecule has 0 aromatic heterocycles. The van der Waals surface area contributed by atoms with E-state index < -0.39 is 35.4 Å². The Balaban J connectivity index is 1.53. The highest BCUT2D eigenvalue weighted by atomic mass is 35.5. The van der Waals surface area contributed by atoms with E-state index in [-0.39, 0.29) is 55.0 Å². The third kappa shape index (κ3) is 13.6. The second-order valence-electron chi connectivity index (χ2n) is 8.39. The number of carbonyl (C=O) groups excluding carboxylic acids is 6. The summed E-state index contributed by atoms with van der Waals surface area (Å²) >= 11 is 23.6. The van der Waals surface area contributed by atoms with Crippen LogP contribution in [-0.4, -0.2) is 35.4 Å². The summed E-state index contributed by atoms with van der Waals surface area (Å²) in [5.74, 6) is -3.22. The van der Waals surface area contributed by atoms with Crippen LogP contribution in [0.15, 0.2) is 36.4 Å². The summed E-state index contributed by atoms with van der Waals surface area (Å²) in [5, 5.41) is 6.42. The maximum Gasteiger partial charge on any atom is 0.238 e. The first-order valence-electron chi connectivity index (χ1n) is 12.1. The van der Waals surface area contributed by atoms with Gasteiger partial charge in [0.15, 0.2) is 0 Å². The van der Waals surface area contributed by atoms with Crippen molar-refractivity contribution in [2.45, 2.75) is 44.9 Å². The molecule has 0 spiro atoms. The highest BCUT2D eigenvalue weighted by Crippen LogP contribution is 2.26. The van der Waals surface area contributed by atoms with Gasteiger partial charge in [-0.05, 0) is 42.8 Å². The van der Waals surface area contributed by atoms with Crippen molar-refractivity contribution in [1.29, 1.82) is 0 Å². The molecule has 0 aliphatic rings. The zero-order valence-electron chi connectivity index (χ0n) is 21.4. The largest absolute Gasteiger partial charge is 0.325 e. The molecule has 2 aromatic carbocycles. The fraction of sp³-hybridized carbons (Fsp3) is 0.280. The molecule has 0 heterocycles. The van der Waals surface area contributed by atoms with Crippen LogP contribution in [-0.2, 0) is 28.8 Å². The summed E-state index contributed by atoms with van der Waals surface area (Å²) in [6.45, 7) is 0. The van der Waals surface area contributed by atoms with E-state index in [9.17, 15) is 28.8 Å². The smallest absolute Gasteiger partial charge is 0.238 e. The molecular weight excluding hydrogens is 622 g/mol. The minimum atomic E-state index is -0.596. The van der Waals surface area contributed by atoms with Gasteiger partial charge in [0.1, 0.15) is 0 Å². The Labute approximate surface area is 255 Å². The molecular formula is C25H26Cl4N6O6. The maximum absolute atomic E-state index is 12.0. The normalized spacial score (nSPS) is 10.2. The minimum Gasteiger partial charge on any atom is -0.325 e. The van der Waals surface area contributed by atoms with Crippen molar-refractivity contribution in [1.82, 2.24) is 21.7 Å². The molecule has 16 heteroatoms. The Morgan fingerprint density at radius 3 is 1.12 bits per heavy atom. The van der Waals surface area contributed by atoms with Gasteiger partial charge in [0, 0.05) is 48.6 Å². The topological polar surface area (TPSA) is 175 Å². The summed E-state index contributed by atoms with van der Waals surface area (Å²) < 4.78 is 0. The van der Waals surface area contributed by atoms with Gasteiger partial charge in [0.2, 0.25) is 35.4 Å². The van der Waals surface area contributed by atoms with Gasteiger partial charge in [-0.2, -0.15) is 0 Å². The van der Waals surface area contributed by atoms with Gasteiger partial charge in [-0.3, -0.25) is 50.5 Å². The number of rotatable bonds is 12. The van der Waals surface area contributed by atoms with Crippen molar-refractivity contribution in [3.05, 3.63) is 56.5 Å². The molecule has 0 saturated carbocycles. The van der Waals surface area contributed by atoms with E-state index in [0.717, 1.165) is 0 Å². The van der Waals surface area contributed by atoms with Gasteiger partial charge in [0.25, 0.3) is 0 Å². The Hall–Kier alpha value is -3.58. The molecule has 41 heavy (non-hydrogen) atoms. The second-order valence-corrected chi connectivity index (χ2v) is 10.1. The van der Waals surface area contributed by atoms with E-state index >= 15 is 0 Å². The number of anilines is 2. The minimum absolute atomic E-state index is 0.0926. The Morgan fingerprint density at radius 2 is 0.780 bits per heavy atom. The van der Waals surface area contributed by atoms with Crippen molar-refractivity contribution in [2.75, 3.05) is 10.6 Å². The zero-order chi connectivity index (χ0) is 30.4. The van der Waals surface area contributed by atoms with Gasteiger partial charge < -0.3 is 10.6 Å². The zero-order valence-corrected chi connectivity index (χ0v) is 24.4. The number of hydrogen-bond donors (Lipinski definition) is 6. The Morgan fingerprint density at radius 1 is 0.463 bits per heavy atom. The van der Waals surface area contributed by atoms with Crippen LogP contribution in [0.2, 0.25) is 20.1 Å². The monoisotopic (exact) mass is 646 g/mol. The standard InChI is InChI=1S/C25H26Cl4N6O6/c26-14-4-6-18(16(28)12-14)30-20(36)8-10-24(40)34-32-22(38)2-1-3-23(39)33-35-25(41)11-9-21(37)31-19-7-5-15(27)13-17(19)29/h4-7,12-13H,1-3,8-11H2,(H,30,36)(H,31,37)(H,32,38)(H,33,39)(H,34,40)(H,35,41). The SMILES string of the molecule is O=C(CCCC(=O)NNC(=O)CCC(=O)Nc1ccc(Cl)cc1Cl)NNC(=O)CCC(=O)Nc1ccc(Cl)cc1Cl. The summed E-state index contributed by atoms with van der Waals surface area (Å²) in [4.78, 5) is 71.5. The van der Waals surface area contributed by atoms with Crippen molar-refractivity contribution < 1.29 is 28.8 Å². The first kappa shape index (κ1) is 33.6. The third-order valence-electron chi connectivity index (χ3n) is 5.06. The van der Waals surface area contributed by atoms with Crippen LogP contribution in [0.1, 0.15) is 44.9 Å². The van der Waals surface area contributed by atoms with E-state index in [2.05, 4.69) is 32.3 Å². The predicted molar refractivity (Wildman–Crippen MR) is 155 cm³/mol. The first-order valence-corrected chi connectivity index (χ1v) is 13.6. The fourth-order valence-electron chi connectivity index (χ4n) is 3.00. The summed E-state index contributed by atoms with van der Waals surface area (Å²) in [5.41, 5.74) is 9.42. The molecule has 220 valence electrons. The number of hydrogen-bond acceptors (Lipinski definition) is 6. The lowest BCUT2D eigenvalue weighted by molar-refractivity contribution is -0.130. The van der Waals surface area contributed by atoms with E-state index in [0.29, 0.717) is 21.4 Å². The third-order valence-corrected chi connectivity index (χ3v) is 6.15. The molecule has 12 nitrogen and oxygen atoms in total. The number of hydrazine groups is 2. The van der Waals surface area contributed by atoms with Gasteiger partial charge in [0.05, 0.1) is 21.4 Å². The molecule has 0 saturated heterocycles. The molecule has 2 aromatic rings. The first-order chi connectivity index (χ1) is 19.4. The van der Waals surface area contributed by atoms with Crippen LogP contribution >= 0.6 is 46.4 Å². The van der Waals surface area contributed by atoms with Crippen LogP contribution in [0.25, 0.3) is 0 Å². The molecule has 0 aliphatic heterocycles. The van der Waals surface area contributed by atoms with Crippen LogP contribution in [0, 0.1) is 0 Å². The van der Waals surface area contributed by atoms with E-state index in [4.69, 9.17) is 46.4 Å². The molecule has 2 rings (SSSR count). The number of benzene rings is 2. The van der Waals surface area contributed by atoms with Crippen LogP contribution in [0.4, 0.5) is 11.4 Å². The van der Waals surface area contributed by atoms with E-state index in [1.807, 2.05) is 0 Å². The number of amides is 6. The van der Waals surface area contributed by atoms with Crippen molar-refractivity contribution in [3.8, 4) is 0 Å². The highest BCUT2D eigenvalue weighted by Gasteiger charge is 2.13. The van der Waals surface area contributed by atoms with Crippen molar-refractivity contribution >= 4 is 93.2 Å². The molecule has 0 unspecified atom stereocenters. The second kappa shape index (κ2) is 17.3. The highest BCUT2D eigenvalue weighted by molar-refractivity contribution is 6.37. The molecule has 0 radical (unpaired) electrons. The van der Waals surface area contributed by atoms with Gasteiger partial charge >= 0.3 is 0 Å². The number of halogens is 4. The van der Waals surface area contributed by atoms with Gasteiger partial charge in [-0.15, -0.1) is 0 Å². The lowest BCUT2D eigenvalue weighted by atomic mass is 10.2. The van der Waals surface area contributed by atoms with Gasteiger partial charge in [-0.1, -0.05) is 46.4 Å². The summed E-state index contributed by atoms with van der Waals surface area (Å²) in [6.07, 6.45) is -0.777. The summed E-state index contributed by atoms with van der Waals surface area (Å²) in [6, 6.07) is 9.09. The van der Waals surface area contributed by atoms with E-state index in [1.165, 1.54) is 24.3 Å². The molecule has 0 bridgehead atoms. The number of carbonyl (C=O) groups is 6. The predicted octanol–water partition coefficient (Wildman–Crippen LogP) is 3.90. The van der Waals surface area contributed by atoms with E-state index in [1.54, 1.807) is 12.1 Å². The Bertz CT molecular complexity index is 1210.